The maximum absolute atomic E-state index is 5.81. The van der Waals surface area contributed by atoms with E-state index in [4.69, 9.17) is 5.73 Å². The number of aromatic nitrogens is 2. The summed E-state index contributed by atoms with van der Waals surface area (Å²) in [5.41, 5.74) is 7.66. The molecule has 0 aliphatic rings. The summed E-state index contributed by atoms with van der Waals surface area (Å²) < 4.78 is 2.18. The average Bonchev–Trinajstić information content (AvgIpc) is 2.77. The van der Waals surface area contributed by atoms with Crippen LogP contribution < -0.4 is 5.73 Å². The van der Waals surface area contributed by atoms with Crippen LogP contribution in [0.15, 0.2) is 36.7 Å². The molecule has 2 N–H and O–H groups in total. The summed E-state index contributed by atoms with van der Waals surface area (Å²) in [6.45, 7) is 2.05. The summed E-state index contributed by atoms with van der Waals surface area (Å²) in [6, 6.07) is 7.86. The predicted octanol–water partition coefficient (Wildman–Crippen LogP) is 2.08. The van der Waals surface area contributed by atoms with Gasteiger partial charge in [-0.1, -0.05) is 12.1 Å². The van der Waals surface area contributed by atoms with Crippen LogP contribution in [0.3, 0.4) is 0 Å². The molecule has 0 aliphatic heterocycles. The minimum atomic E-state index is 0.773. The highest BCUT2D eigenvalue weighted by molar-refractivity contribution is 5.61. The lowest BCUT2D eigenvalue weighted by atomic mass is 10.2. The first-order valence-corrected chi connectivity index (χ1v) is 6.18. The summed E-state index contributed by atoms with van der Waals surface area (Å²) in [5.74, 6) is 0.987. The van der Waals surface area contributed by atoms with E-state index in [1.807, 2.05) is 36.7 Å². The van der Waals surface area contributed by atoms with Gasteiger partial charge < -0.3 is 15.2 Å². The van der Waals surface area contributed by atoms with Crippen molar-refractivity contribution >= 4 is 5.69 Å². The monoisotopic (exact) mass is 244 g/mol. The lowest BCUT2D eigenvalue weighted by Crippen LogP contribution is -2.15. The molecule has 0 unspecified atom stereocenters. The third kappa shape index (κ3) is 3.11. The van der Waals surface area contributed by atoms with Crippen LogP contribution in [-0.4, -0.2) is 35.1 Å². The molecule has 0 bridgehead atoms. The van der Waals surface area contributed by atoms with Crippen LogP contribution >= 0.6 is 0 Å². The number of hydrogen-bond donors (Lipinski definition) is 1. The number of hydrogen-bond acceptors (Lipinski definition) is 3. The van der Waals surface area contributed by atoms with Crippen molar-refractivity contribution in [2.45, 2.75) is 13.0 Å². The molecule has 0 saturated carbocycles. The first-order chi connectivity index (χ1) is 8.66. The Labute approximate surface area is 108 Å². The Kier molecular flexibility index (Phi) is 3.99. The van der Waals surface area contributed by atoms with Gasteiger partial charge in [0.05, 0.1) is 0 Å². The Morgan fingerprint density at radius 3 is 2.89 bits per heavy atom. The average molecular weight is 244 g/mol. The van der Waals surface area contributed by atoms with Crippen LogP contribution in [0.5, 0.6) is 0 Å². The van der Waals surface area contributed by atoms with Crippen molar-refractivity contribution in [3.63, 3.8) is 0 Å². The molecule has 18 heavy (non-hydrogen) atoms. The van der Waals surface area contributed by atoms with E-state index < -0.39 is 0 Å². The number of nitrogen functional groups attached to an aromatic ring is 1. The molecule has 1 heterocycles. The number of nitrogens with zero attached hydrogens (tertiary/aromatic N) is 3. The second-order valence-electron chi connectivity index (χ2n) is 4.73. The van der Waals surface area contributed by atoms with Crippen molar-refractivity contribution in [3.8, 4) is 11.4 Å². The topological polar surface area (TPSA) is 47.1 Å². The minimum Gasteiger partial charge on any atom is -0.399 e. The van der Waals surface area contributed by atoms with Crippen LogP contribution in [0.25, 0.3) is 11.4 Å². The van der Waals surface area contributed by atoms with Gasteiger partial charge in [0, 0.05) is 30.2 Å². The van der Waals surface area contributed by atoms with Crippen molar-refractivity contribution in [3.05, 3.63) is 36.7 Å². The van der Waals surface area contributed by atoms with Crippen molar-refractivity contribution < 1.29 is 0 Å². The van der Waals surface area contributed by atoms with E-state index in [1.54, 1.807) is 0 Å². The molecule has 0 fully saturated rings. The molecule has 0 amide bonds. The summed E-state index contributed by atoms with van der Waals surface area (Å²) in [4.78, 5) is 6.61. The first kappa shape index (κ1) is 12.6. The Balaban J connectivity index is 2.12. The van der Waals surface area contributed by atoms with Crippen LogP contribution in [0.4, 0.5) is 5.69 Å². The van der Waals surface area contributed by atoms with Crippen LogP contribution in [0.1, 0.15) is 6.42 Å². The van der Waals surface area contributed by atoms with E-state index in [2.05, 4.69) is 28.5 Å². The molecule has 0 radical (unpaired) electrons. The van der Waals surface area contributed by atoms with Crippen molar-refractivity contribution in [2.75, 3.05) is 26.4 Å². The number of rotatable bonds is 5. The van der Waals surface area contributed by atoms with Gasteiger partial charge in [0.25, 0.3) is 0 Å². The zero-order chi connectivity index (χ0) is 13.0. The third-order valence-corrected chi connectivity index (χ3v) is 2.86. The summed E-state index contributed by atoms with van der Waals surface area (Å²) in [6.07, 6.45) is 4.97. The molecule has 0 atom stereocenters. The van der Waals surface area contributed by atoms with Gasteiger partial charge in [0.15, 0.2) is 0 Å². The van der Waals surface area contributed by atoms with Gasteiger partial charge in [-0.3, -0.25) is 0 Å². The minimum absolute atomic E-state index is 0.773. The van der Waals surface area contributed by atoms with Gasteiger partial charge >= 0.3 is 0 Å². The number of nitrogens with two attached hydrogens (primary N) is 1. The lowest BCUT2D eigenvalue weighted by Gasteiger charge is -2.11. The molecule has 2 aromatic rings. The maximum Gasteiger partial charge on any atom is 0.139 e. The van der Waals surface area contributed by atoms with Gasteiger partial charge in [-0.15, -0.1) is 0 Å². The van der Waals surface area contributed by atoms with E-state index in [0.29, 0.717) is 0 Å². The Bertz CT molecular complexity index is 502. The van der Waals surface area contributed by atoms with E-state index in [-0.39, 0.29) is 0 Å². The summed E-state index contributed by atoms with van der Waals surface area (Å²) >= 11 is 0. The van der Waals surface area contributed by atoms with Crippen molar-refractivity contribution in [1.29, 1.82) is 0 Å². The molecule has 96 valence electrons. The van der Waals surface area contributed by atoms with E-state index in [1.165, 1.54) is 0 Å². The van der Waals surface area contributed by atoms with Gasteiger partial charge in [0.2, 0.25) is 0 Å². The zero-order valence-corrected chi connectivity index (χ0v) is 11.0. The van der Waals surface area contributed by atoms with Gasteiger partial charge in [-0.05, 0) is 39.2 Å². The van der Waals surface area contributed by atoms with E-state index in [9.17, 15) is 0 Å². The number of anilines is 1. The molecule has 1 aromatic heterocycles. The number of benzene rings is 1. The highest BCUT2D eigenvalue weighted by Crippen LogP contribution is 2.19. The van der Waals surface area contributed by atoms with E-state index >= 15 is 0 Å². The molecule has 0 aliphatic carbocycles. The van der Waals surface area contributed by atoms with Crippen LogP contribution in [-0.2, 0) is 6.54 Å². The highest BCUT2D eigenvalue weighted by atomic mass is 15.1. The number of imidazole rings is 1. The Morgan fingerprint density at radius 1 is 1.33 bits per heavy atom. The fourth-order valence-electron chi connectivity index (χ4n) is 1.99. The second-order valence-corrected chi connectivity index (χ2v) is 4.73. The Hall–Kier alpha value is -1.81. The second kappa shape index (κ2) is 5.69. The fraction of sp³-hybridized carbons (Fsp3) is 0.357. The quantitative estimate of drug-likeness (QED) is 0.819. The lowest BCUT2D eigenvalue weighted by molar-refractivity contribution is 0.387. The Morgan fingerprint density at radius 2 is 2.17 bits per heavy atom. The first-order valence-electron chi connectivity index (χ1n) is 6.18. The molecule has 0 spiro atoms. The molecular formula is C14H20N4. The predicted molar refractivity (Wildman–Crippen MR) is 75.2 cm³/mol. The normalized spacial score (nSPS) is 11.1. The fourth-order valence-corrected chi connectivity index (χ4v) is 1.99. The highest BCUT2D eigenvalue weighted by Gasteiger charge is 2.05. The molecule has 4 nitrogen and oxygen atoms in total. The van der Waals surface area contributed by atoms with Crippen molar-refractivity contribution in [1.82, 2.24) is 14.5 Å². The number of aryl methyl sites for hydroxylation is 1. The van der Waals surface area contributed by atoms with Crippen molar-refractivity contribution in [2.24, 2.45) is 0 Å². The maximum atomic E-state index is 5.81. The molecule has 2 rings (SSSR count). The van der Waals surface area contributed by atoms with Crippen LogP contribution in [0, 0.1) is 0 Å². The molecule has 1 aromatic carbocycles. The zero-order valence-electron chi connectivity index (χ0n) is 11.0. The van der Waals surface area contributed by atoms with E-state index in [0.717, 1.165) is 36.6 Å². The summed E-state index contributed by atoms with van der Waals surface area (Å²) in [5, 5.41) is 0. The van der Waals surface area contributed by atoms with Gasteiger partial charge in [0.1, 0.15) is 5.82 Å². The molecule has 4 heteroatoms. The smallest absolute Gasteiger partial charge is 0.139 e. The standard InChI is InChI=1S/C14H20N4/c1-17(2)8-4-9-18-10-7-16-14(18)12-5-3-6-13(15)11-12/h3,5-7,10-11H,4,8-9,15H2,1-2H3. The largest absolute Gasteiger partial charge is 0.399 e. The van der Waals surface area contributed by atoms with Gasteiger partial charge in [-0.2, -0.15) is 0 Å². The summed E-state index contributed by atoms with van der Waals surface area (Å²) in [7, 11) is 4.18. The third-order valence-electron chi connectivity index (χ3n) is 2.86. The van der Waals surface area contributed by atoms with Crippen LogP contribution in [0.2, 0.25) is 0 Å². The van der Waals surface area contributed by atoms with Gasteiger partial charge in [-0.25, -0.2) is 4.98 Å². The SMILES string of the molecule is CN(C)CCCn1ccnc1-c1cccc(N)c1. The molecular weight excluding hydrogens is 224 g/mol. The molecule has 0 saturated heterocycles.